The minimum absolute atomic E-state index is 0.111. The minimum Gasteiger partial charge on any atom is -0.298 e. The van der Waals surface area contributed by atoms with Gasteiger partial charge in [0.1, 0.15) is 0 Å². The van der Waals surface area contributed by atoms with Gasteiger partial charge in [-0.05, 0) is 11.1 Å². The molecule has 1 aromatic carbocycles. The molecule has 0 aliphatic heterocycles. The largest absolute Gasteiger partial charge is 0.298 e. The number of carbonyl (C=O) groups is 1. The number of nitrogens with zero attached hydrogens (tertiary/aromatic N) is 3. The summed E-state index contributed by atoms with van der Waals surface area (Å²) in [5, 5.41) is 3.33. The standard InChI is InChI=1S/C9H6ClN3O/c10-9(8(6-14)12-13-11)7-4-2-1-3-5-7/h1-6H/b9-8-. The number of rotatable bonds is 3. The molecule has 0 fully saturated rings. The molecule has 0 N–H and O–H groups in total. The van der Waals surface area contributed by atoms with E-state index in [0.717, 1.165) is 0 Å². The quantitative estimate of drug-likeness (QED) is 0.247. The van der Waals surface area contributed by atoms with Gasteiger partial charge in [0.25, 0.3) is 0 Å². The number of azide groups is 1. The van der Waals surface area contributed by atoms with Crippen molar-refractivity contribution < 1.29 is 4.79 Å². The lowest BCUT2D eigenvalue weighted by Crippen LogP contribution is -1.84. The Bertz CT molecular complexity index is 407. The molecule has 0 saturated heterocycles. The van der Waals surface area contributed by atoms with Crippen molar-refractivity contribution in [2.75, 3.05) is 0 Å². The van der Waals surface area contributed by atoms with E-state index in [-0.39, 0.29) is 10.7 Å². The molecule has 0 aromatic heterocycles. The van der Waals surface area contributed by atoms with Crippen molar-refractivity contribution in [2.45, 2.75) is 0 Å². The van der Waals surface area contributed by atoms with Gasteiger partial charge in [0, 0.05) is 4.91 Å². The zero-order valence-corrected chi connectivity index (χ0v) is 7.85. The van der Waals surface area contributed by atoms with Gasteiger partial charge in [0.05, 0.1) is 10.7 Å². The first-order valence-corrected chi connectivity index (χ1v) is 4.13. The normalized spacial score (nSPS) is 11.2. The van der Waals surface area contributed by atoms with Crippen LogP contribution in [-0.4, -0.2) is 6.29 Å². The summed E-state index contributed by atoms with van der Waals surface area (Å²) >= 11 is 5.83. The second kappa shape index (κ2) is 5.07. The van der Waals surface area contributed by atoms with E-state index in [4.69, 9.17) is 17.1 Å². The number of allylic oxidation sites excluding steroid dienone is 1. The molecule has 0 amide bonds. The predicted molar refractivity (Wildman–Crippen MR) is 54.4 cm³/mol. The molecule has 1 aromatic rings. The number of aldehydes is 1. The lowest BCUT2D eigenvalue weighted by Gasteiger charge is -1.98. The first-order valence-electron chi connectivity index (χ1n) is 3.75. The summed E-state index contributed by atoms with van der Waals surface area (Å²) in [7, 11) is 0. The van der Waals surface area contributed by atoms with E-state index in [9.17, 15) is 4.79 Å². The van der Waals surface area contributed by atoms with Crippen LogP contribution in [0, 0.1) is 0 Å². The Morgan fingerprint density at radius 3 is 2.57 bits per heavy atom. The maximum absolute atomic E-state index is 10.5. The van der Waals surface area contributed by atoms with E-state index in [2.05, 4.69) is 10.0 Å². The van der Waals surface area contributed by atoms with Gasteiger partial charge < -0.3 is 0 Å². The fourth-order valence-electron chi connectivity index (χ4n) is 0.900. The molecule has 0 unspecified atom stereocenters. The first-order chi connectivity index (χ1) is 6.79. The van der Waals surface area contributed by atoms with Gasteiger partial charge in [-0.2, -0.15) is 0 Å². The van der Waals surface area contributed by atoms with Crippen LogP contribution in [0.2, 0.25) is 0 Å². The summed E-state index contributed by atoms with van der Waals surface area (Å²) in [4.78, 5) is 13.0. The van der Waals surface area contributed by atoms with Crippen LogP contribution < -0.4 is 0 Å². The molecule has 0 heterocycles. The molecule has 5 heteroatoms. The third kappa shape index (κ3) is 2.36. The average molecular weight is 208 g/mol. The van der Waals surface area contributed by atoms with Crippen molar-refractivity contribution in [3.8, 4) is 0 Å². The third-order valence-electron chi connectivity index (χ3n) is 1.52. The zero-order chi connectivity index (χ0) is 10.4. The molecule has 1 rings (SSSR count). The number of hydrogen-bond acceptors (Lipinski definition) is 2. The second-order valence-electron chi connectivity index (χ2n) is 2.37. The molecular formula is C9H6ClN3O. The van der Waals surface area contributed by atoms with Crippen LogP contribution in [-0.2, 0) is 4.79 Å². The van der Waals surface area contributed by atoms with Crippen LogP contribution in [0.25, 0.3) is 15.5 Å². The highest BCUT2D eigenvalue weighted by molar-refractivity contribution is 6.50. The van der Waals surface area contributed by atoms with Crippen LogP contribution in [0.1, 0.15) is 5.56 Å². The molecule has 0 radical (unpaired) electrons. The van der Waals surface area contributed by atoms with Crippen molar-refractivity contribution in [1.82, 2.24) is 0 Å². The van der Waals surface area contributed by atoms with Crippen molar-refractivity contribution >= 4 is 22.9 Å². The third-order valence-corrected chi connectivity index (χ3v) is 1.93. The van der Waals surface area contributed by atoms with Crippen LogP contribution in [0.3, 0.4) is 0 Å². The average Bonchev–Trinajstić information content (AvgIpc) is 2.26. The Morgan fingerprint density at radius 2 is 2.07 bits per heavy atom. The van der Waals surface area contributed by atoms with E-state index in [1.807, 2.05) is 6.07 Å². The zero-order valence-electron chi connectivity index (χ0n) is 7.09. The van der Waals surface area contributed by atoms with Crippen LogP contribution in [0.15, 0.2) is 41.1 Å². The van der Waals surface area contributed by atoms with E-state index < -0.39 is 0 Å². The number of halogens is 1. The Balaban J connectivity index is 3.20. The molecular weight excluding hydrogens is 202 g/mol. The molecule has 0 saturated carbocycles. The number of hydrogen-bond donors (Lipinski definition) is 0. The van der Waals surface area contributed by atoms with Crippen LogP contribution in [0.4, 0.5) is 0 Å². The summed E-state index contributed by atoms with van der Waals surface area (Å²) in [5.41, 5.74) is 8.70. The predicted octanol–water partition coefficient (Wildman–Crippen LogP) is 3.10. The lowest BCUT2D eigenvalue weighted by molar-refractivity contribution is -0.104. The molecule has 70 valence electrons. The number of benzene rings is 1. The van der Waals surface area contributed by atoms with Crippen molar-refractivity contribution in [1.29, 1.82) is 0 Å². The SMILES string of the molecule is [N-]=[N+]=N/C(C=O)=C(\Cl)c1ccccc1. The lowest BCUT2D eigenvalue weighted by atomic mass is 10.2. The topological polar surface area (TPSA) is 65.8 Å². The van der Waals surface area contributed by atoms with E-state index >= 15 is 0 Å². The molecule has 0 atom stereocenters. The van der Waals surface area contributed by atoms with Crippen molar-refractivity contribution in [3.63, 3.8) is 0 Å². The Hall–Kier alpha value is -1.77. The highest BCUT2D eigenvalue weighted by Gasteiger charge is 2.03. The van der Waals surface area contributed by atoms with Gasteiger partial charge in [-0.3, -0.25) is 4.79 Å². The van der Waals surface area contributed by atoms with Gasteiger partial charge >= 0.3 is 0 Å². The van der Waals surface area contributed by atoms with Gasteiger partial charge in [0.15, 0.2) is 6.29 Å². The van der Waals surface area contributed by atoms with E-state index in [0.29, 0.717) is 11.8 Å². The van der Waals surface area contributed by atoms with Gasteiger partial charge in [0.2, 0.25) is 0 Å². The summed E-state index contributed by atoms with van der Waals surface area (Å²) in [6.07, 6.45) is 0.426. The highest BCUT2D eigenvalue weighted by atomic mass is 35.5. The molecule has 4 nitrogen and oxygen atoms in total. The monoisotopic (exact) mass is 207 g/mol. The van der Waals surface area contributed by atoms with Gasteiger partial charge in [-0.25, -0.2) is 0 Å². The molecule has 0 bridgehead atoms. The number of carbonyl (C=O) groups excluding carboxylic acids is 1. The van der Waals surface area contributed by atoms with Crippen LogP contribution in [0.5, 0.6) is 0 Å². The Kier molecular flexibility index (Phi) is 3.73. The molecule has 14 heavy (non-hydrogen) atoms. The van der Waals surface area contributed by atoms with Crippen molar-refractivity contribution in [2.24, 2.45) is 5.11 Å². The Labute approximate surface area is 85.4 Å². The smallest absolute Gasteiger partial charge is 0.153 e. The van der Waals surface area contributed by atoms with Gasteiger partial charge in [-0.15, -0.1) is 0 Å². The van der Waals surface area contributed by atoms with Crippen molar-refractivity contribution in [3.05, 3.63) is 52.0 Å². The maximum Gasteiger partial charge on any atom is 0.153 e. The summed E-state index contributed by atoms with van der Waals surface area (Å²) < 4.78 is 0. The summed E-state index contributed by atoms with van der Waals surface area (Å²) in [5.74, 6) is 0. The maximum atomic E-state index is 10.5. The van der Waals surface area contributed by atoms with Gasteiger partial charge in [-0.1, -0.05) is 47.0 Å². The van der Waals surface area contributed by atoms with Crippen LogP contribution >= 0.6 is 11.6 Å². The first kappa shape index (κ1) is 10.3. The highest BCUT2D eigenvalue weighted by Crippen LogP contribution is 2.22. The molecule has 0 aliphatic rings. The van der Waals surface area contributed by atoms with E-state index in [1.165, 1.54) is 0 Å². The Morgan fingerprint density at radius 1 is 1.43 bits per heavy atom. The second-order valence-corrected chi connectivity index (χ2v) is 2.75. The molecule has 0 spiro atoms. The summed E-state index contributed by atoms with van der Waals surface area (Å²) in [6, 6.07) is 8.81. The van der Waals surface area contributed by atoms with E-state index in [1.54, 1.807) is 24.3 Å². The summed E-state index contributed by atoms with van der Waals surface area (Å²) in [6.45, 7) is 0. The fraction of sp³-hybridized carbons (Fsp3) is 0. The molecule has 0 aliphatic carbocycles. The fourth-order valence-corrected chi connectivity index (χ4v) is 1.11. The minimum atomic E-state index is -0.111.